The maximum atomic E-state index is 12.5. The third-order valence-corrected chi connectivity index (χ3v) is 3.62. The van der Waals surface area contributed by atoms with Crippen LogP contribution in [0.1, 0.15) is 10.4 Å². The molecule has 3 rings (SSSR count). The van der Waals surface area contributed by atoms with Gasteiger partial charge in [-0.2, -0.15) is 5.10 Å². The third-order valence-electron chi connectivity index (χ3n) is 3.62. The Morgan fingerprint density at radius 1 is 1.08 bits per heavy atom. The van der Waals surface area contributed by atoms with Gasteiger partial charge in [0.05, 0.1) is 17.9 Å². The zero-order valence-electron chi connectivity index (χ0n) is 13.5. The minimum Gasteiger partial charge on any atom is -0.383 e. The molecular formula is C19H19N3O2. The molecule has 2 aromatic carbocycles. The van der Waals surface area contributed by atoms with E-state index in [1.807, 2.05) is 60.7 Å². The number of methoxy groups -OCH3 is 1. The largest absolute Gasteiger partial charge is 0.383 e. The molecule has 0 aliphatic heterocycles. The summed E-state index contributed by atoms with van der Waals surface area (Å²) in [6.07, 6.45) is 1.76. The van der Waals surface area contributed by atoms with Crippen LogP contribution in [-0.2, 0) is 4.74 Å². The van der Waals surface area contributed by atoms with E-state index >= 15 is 0 Å². The number of amides is 1. The van der Waals surface area contributed by atoms with Crippen molar-refractivity contribution in [3.63, 3.8) is 0 Å². The molecule has 1 amide bonds. The Bertz CT molecular complexity index is 798. The molecule has 0 saturated carbocycles. The number of hydrogen-bond acceptors (Lipinski definition) is 3. The van der Waals surface area contributed by atoms with Crippen LogP contribution in [0, 0.1) is 0 Å². The van der Waals surface area contributed by atoms with Crippen molar-refractivity contribution in [2.24, 2.45) is 0 Å². The summed E-state index contributed by atoms with van der Waals surface area (Å²) in [5, 5.41) is 7.48. The summed E-state index contributed by atoms with van der Waals surface area (Å²) in [5.74, 6) is -0.159. The minimum atomic E-state index is -0.159. The van der Waals surface area contributed by atoms with Gasteiger partial charge in [0.2, 0.25) is 0 Å². The van der Waals surface area contributed by atoms with Gasteiger partial charge >= 0.3 is 0 Å². The van der Waals surface area contributed by atoms with Crippen LogP contribution in [0.25, 0.3) is 16.9 Å². The van der Waals surface area contributed by atoms with Crippen molar-refractivity contribution < 1.29 is 9.53 Å². The van der Waals surface area contributed by atoms with Gasteiger partial charge in [0.15, 0.2) is 0 Å². The zero-order valence-corrected chi connectivity index (χ0v) is 13.5. The normalized spacial score (nSPS) is 10.5. The van der Waals surface area contributed by atoms with E-state index < -0.39 is 0 Å². The van der Waals surface area contributed by atoms with E-state index in [4.69, 9.17) is 4.74 Å². The number of aromatic nitrogens is 2. The molecule has 122 valence electrons. The van der Waals surface area contributed by atoms with Gasteiger partial charge < -0.3 is 10.1 Å². The minimum absolute atomic E-state index is 0.159. The van der Waals surface area contributed by atoms with Gasteiger partial charge in [-0.05, 0) is 12.1 Å². The number of para-hydroxylation sites is 1. The van der Waals surface area contributed by atoms with Crippen LogP contribution in [0.15, 0.2) is 66.9 Å². The molecule has 0 aliphatic carbocycles. The van der Waals surface area contributed by atoms with E-state index in [2.05, 4.69) is 10.4 Å². The molecule has 1 heterocycles. The van der Waals surface area contributed by atoms with Crippen LogP contribution in [0.3, 0.4) is 0 Å². The van der Waals surface area contributed by atoms with Crippen LogP contribution < -0.4 is 5.32 Å². The SMILES string of the molecule is COCCNC(=O)c1cn(-c2ccccc2)nc1-c1ccccc1. The molecule has 0 fully saturated rings. The van der Waals surface area contributed by atoms with E-state index in [1.54, 1.807) is 18.0 Å². The number of rotatable bonds is 6. The van der Waals surface area contributed by atoms with E-state index in [1.165, 1.54) is 0 Å². The number of nitrogens with one attached hydrogen (secondary N) is 1. The van der Waals surface area contributed by atoms with Crippen molar-refractivity contribution in [2.75, 3.05) is 20.3 Å². The summed E-state index contributed by atoms with van der Waals surface area (Å²) in [5.41, 5.74) is 3.02. The average Bonchev–Trinajstić information content (AvgIpc) is 3.09. The molecule has 24 heavy (non-hydrogen) atoms. The van der Waals surface area contributed by atoms with Gasteiger partial charge in [0.25, 0.3) is 5.91 Å². The molecule has 5 nitrogen and oxygen atoms in total. The van der Waals surface area contributed by atoms with Gasteiger partial charge in [0, 0.05) is 25.4 Å². The summed E-state index contributed by atoms with van der Waals surface area (Å²) < 4.78 is 6.71. The fourth-order valence-corrected chi connectivity index (χ4v) is 2.42. The quantitative estimate of drug-likeness (QED) is 0.710. The summed E-state index contributed by atoms with van der Waals surface area (Å²) in [6.45, 7) is 0.930. The zero-order chi connectivity index (χ0) is 16.8. The lowest BCUT2D eigenvalue weighted by Crippen LogP contribution is -2.27. The first-order valence-corrected chi connectivity index (χ1v) is 7.77. The first kappa shape index (κ1) is 16.0. The number of carbonyl (C=O) groups excluding carboxylic acids is 1. The smallest absolute Gasteiger partial charge is 0.255 e. The van der Waals surface area contributed by atoms with Gasteiger partial charge in [-0.3, -0.25) is 4.79 Å². The summed E-state index contributed by atoms with van der Waals surface area (Å²) in [4.78, 5) is 12.5. The fraction of sp³-hybridized carbons (Fsp3) is 0.158. The highest BCUT2D eigenvalue weighted by Crippen LogP contribution is 2.23. The summed E-state index contributed by atoms with van der Waals surface area (Å²) in [6, 6.07) is 19.4. The molecule has 0 spiro atoms. The Hall–Kier alpha value is -2.92. The van der Waals surface area contributed by atoms with Gasteiger partial charge in [-0.15, -0.1) is 0 Å². The fourth-order valence-electron chi connectivity index (χ4n) is 2.42. The van der Waals surface area contributed by atoms with Crippen LogP contribution in [0.4, 0.5) is 0 Å². The lowest BCUT2D eigenvalue weighted by atomic mass is 10.1. The third kappa shape index (κ3) is 3.52. The van der Waals surface area contributed by atoms with Crippen molar-refractivity contribution >= 4 is 5.91 Å². The molecule has 0 aliphatic rings. The molecule has 0 radical (unpaired) electrons. The molecule has 0 atom stereocenters. The highest BCUT2D eigenvalue weighted by Gasteiger charge is 2.18. The molecule has 0 bridgehead atoms. The van der Waals surface area contributed by atoms with E-state index in [0.717, 1.165) is 11.3 Å². The van der Waals surface area contributed by atoms with Crippen LogP contribution in [0.5, 0.6) is 0 Å². The Morgan fingerprint density at radius 2 is 1.75 bits per heavy atom. The predicted octanol–water partition coefficient (Wildman–Crippen LogP) is 2.92. The monoisotopic (exact) mass is 321 g/mol. The lowest BCUT2D eigenvalue weighted by Gasteiger charge is -2.04. The van der Waals surface area contributed by atoms with Crippen molar-refractivity contribution in [3.05, 3.63) is 72.4 Å². The van der Waals surface area contributed by atoms with Crippen molar-refractivity contribution in [1.82, 2.24) is 15.1 Å². The number of hydrogen-bond donors (Lipinski definition) is 1. The first-order valence-electron chi connectivity index (χ1n) is 7.77. The number of ether oxygens (including phenoxy) is 1. The Labute approximate surface area is 140 Å². The maximum Gasteiger partial charge on any atom is 0.255 e. The van der Waals surface area contributed by atoms with Gasteiger partial charge in [-0.25, -0.2) is 4.68 Å². The molecule has 1 N–H and O–H groups in total. The van der Waals surface area contributed by atoms with Crippen LogP contribution in [0.2, 0.25) is 0 Å². The summed E-state index contributed by atoms with van der Waals surface area (Å²) in [7, 11) is 1.61. The maximum absolute atomic E-state index is 12.5. The summed E-state index contributed by atoms with van der Waals surface area (Å²) >= 11 is 0. The second-order valence-electron chi connectivity index (χ2n) is 5.29. The standard InChI is InChI=1S/C19H19N3O2/c1-24-13-12-20-19(23)17-14-22(16-10-6-3-7-11-16)21-18(17)15-8-4-2-5-9-15/h2-11,14H,12-13H2,1H3,(H,20,23). The number of nitrogens with zero attached hydrogens (tertiary/aromatic N) is 2. The van der Waals surface area contributed by atoms with Crippen LogP contribution in [-0.4, -0.2) is 35.9 Å². The van der Waals surface area contributed by atoms with Crippen molar-refractivity contribution in [3.8, 4) is 16.9 Å². The molecule has 3 aromatic rings. The number of benzene rings is 2. The van der Waals surface area contributed by atoms with Crippen molar-refractivity contribution in [2.45, 2.75) is 0 Å². The van der Waals surface area contributed by atoms with Crippen molar-refractivity contribution in [1.29, 1.82) is 0 Å². The second-order valence-corrected chi connectivity index (χ2v) is 5.29. The van der Waals surface area contributed by atoms with E-state index in [-0.39, 0.29) is 5.91 Å². The molecular weight excluding hydrogens is 302 g/mol. The Kier molecular flexibility index (Phi) is 5.03. The predicted molar refractivity (Wildman–Crippen MR) is 93.2 cm³/mol. The van der Waals surface area contributed by atoms with Crippen LogP contribution >= 0.6 is 0 Å². The van der Waals surface area contributed by atoms with Gasteiger partial charge in [-0.1, -0.05) is 48.5 Å². The topological polar surface area (TPSA) is 56.1 Å². The molecule has 5 heteroatoms. The highest BCUT2D eigenvalue weighted by molar-refractivity contribution is 5.99. The second kappa shape index (κ2) is 7.57. The first-order chi connectivity index (χ1) is 11.8. The highest BCUT2D eigenvalue weighted by atomic mass is 16.5. The molecule has 0 unspecified atom stereocenters. The Morgan fingerprint density at radius 3 is 2.42 bits per heavy atom. The molecule has 0 saturated heterocycles. The van der Waals surface area contributed by atoms with E-state index in [0.29, 0.717) is 24.4 Å². The lowest BCUT2D eigenvalue weighted by molar-refractivity contribution is 0.0937. The van der Waals surface area contributed by atoms with E-state index in [9.17, 15) is 4.79 Å². The number of carbonyl (C=O) groups is 1. The average molecular weight is 321 g/mol. The van der Waals surface area contributed by atoms with Gasteiger partial charge in [0.1, 0.15) is 5.69 Å². The molecule has 1 aromatic heterocycles. The Balaban J connectivity index is 1.99.